The number of imide groups is 1. The van der Waals surface area contributed by atoms with E-state index in [-0.39, 0.29) is 18.4 Å². The van der Waals surface area contributed by atoms with E-state index in [1.807, 2.05) is 24.3 Å². The largest absolute Gasteiger partial charge is 0.416 e. The minimum Gasteiger partial charge on any atom is -0.416 e. The molecular formula is C20H19N3O3S. The third-order valence-corrected chi connectivity index (χ3v) is 5.64. The van der Waals surface area contributed by atoms with E-state index in [2.05, 4.69) is 24.0 Å². The molecule has 2 heterocycles. The molecule has 0 fully saturated rings. The summed E-state index contributed by atoms with van der Waals surface area (Å²) in [6.45, 7) is 4.45. The molecule has 0 radical (unpaired) electrons. The number of carbonyl (C=O) groups excluding carboxylic acids is 2. The van der Waals surface area contributed by atoms with Crippen LogP contribution in [0.1, 0.15) is 40.5 Å². The van der Waals surface area contributed by atoms with Crippen LogP contribution < -0.4 is 0 Å². The first kappa shape index (κ1) is 17.7. The van der Waals surface area contributed by atoms with Gasteiger partial charge in [-0.15, -0.1) is 10.2 Å². The van der Waals surface area contributed by atoms with Crippen molar-refractivity contribution in [2.75, 3.05) is 12.3 Å². The number of nitrogens with zero attached hydrogens (tertiary/aromatic N) is 3. The number of carbonyl (C=O) groups is 2. The fraction of sp³-hybridized carbons (Fsp3) is 0.300. The van der Waals surface area contributed by atoms with Gasteiger partial charge in [0.15, 0.2) is 0 Å². The second kappa shape index (κ2) is 7.15. The number of benzene rings is 2. The van der Waals surface area contributed by atoms with Crippen molar-refractivity contribution < 1.29 is 14.0 Å². The minimum atomic E-state index is -0.279. The highest BCUT2D eigenvalue weighted by atomic mass is 32.2. The highest BCUT2D eigenvalue weighted by molar-refractivity contribution is 7.99. The van der Waals surface area contributed by atoms with E-state index >= 15 is 0 Å². The second-order valence-corrected chi connectivity index (χ2v) is 7.86. The Morgan fingerprint density at radius 2 is 1.70 bits per heavy atom. The Hall–Kier alpha value is -2.67. The van der Waals surface area contributed by atoms with Crippen molar-refractivity contribution in [2.24, 2.45) is 5.92 Å². The molecule has 1 aromatic heterocycles. The van der Waals surface area contributed by atoms with E-state index in [1.165, 1.54) is 16.7 Å². The van der Waals surface area contributed by atoms with Gasteiger partial charge in [0.2, 0.25) is 5.89 Å². The van der Waals surface area contributed by atoms with Gasteiger partial charge in [-0.2, -0.15) is 0 Å². The summed E-state index contributed by atoms with van der Waals surface area (Å²) in [5.41, 5.74) is 1.11. The van der Waals surface area contributed by atoms with E-state index in [4.69, 9.17) is 4.42 Å². The topological polar surface area (TPSA) is 76.3 Å². The SMILES string of the molecule is CC(C)CSc1nnc(CCN2C(=O)c3cccc4cccc(c34)C2=O)o1. The van der Waals surface area contributed by atoms with Gasteiger partial charge in [-0.3, -0.25) is 14.5 Å². The number of hydrogen-bond donors (Lipinski definition) is 0. The summed E-state index contributed by atoms with van der Waals surface area (Å²) in [7, 11) is 0. The molecule has 4 rings (SSSR count). The first-order valence-electron chi connectivity index (χ1n) is 8.87. The Balaban J connectivity index is 1.52. The first-order chi connectivity index (χ1) is 13.0. The van der Waals surface area contributed by atoms with Crippen molar-refractivity contribution in [3.63, 3.8) is 0 Å². The lowest BCUT2D eigenvalue weighted by atomic mass is 9.94. The molecule has 0 bridgehead atoms. The summed E-state index contributed by atoms with van der Waals surface area (Å²) in [5, 5.41) is 10.2. The Kier molecular flexibility index (Phi) is 4.70. The monoisotopic (exact) mass is 381 g/mol. The van der Waals surface area contributed by atoms with Crippen LogP contribution >= 0.6 is 11.8 Å². The Morgan fingerprint density at radius 3 is 2.33 bits per heavy atom. The zero-order valence-corrected chi connectivity index (χ0v) is 16.0. The van der Waals surface area contributed by atoms with Crippen LogP contribution in [-0.4, -0.2) is 39.2 Å². The quantitative estimate of drug-likeness (QED) is 0.477. The zero-order chi connectivity index (χ0) is 19.0. The number of rotatable bonds is 6. The predicted octanol–water partition coefficient (Wildman–Crippen LogP) is 3.81. The molecule has 27 heavy (non-hydrogen) atoms. The van der Waals surface area contributed by atoms with Crippen molar-refractivity contribution in [3.8, 4) is 0 Å². The van der Waals surface area contributed by atoms with Crippen LogP contribution in [0.2, 0.25) is 0 Å². The molecule has 2 aromatic carbocycles. The molecular weight excluding hydrogens is 362 g/mol. The average Bonchev–Trinajstić information content (AvgIpc) is 3.12. The van der Waals surface area contributed by atoms with Gasteiger partial charge in [-0.05, 0) is 23.4 Å². The summed E-state index contributed by atoms with van der Waals surface area (Å²) in [6.07, 6.45) is 0.338. The molecule has 0 saturated carbocycles. The lowest BCUT2D eigenvalue weighted by Crippen LogP contribution is -2.41. The number of thioether (sulfide) groups is 1. The van der Waals surface area contributed by atoms with Crippen LogP contribution in [0.15, 0.2) is 46.0 Å². The Labute approximate surface area is 160 Å². The van der Waals surface area contributed by atoms with Gasteiger partial charge in [-0.1, -0.05) is 49.9 Å². The molecule has 0 atom stereocenters. The molecule has 3 aromatic rings. The predicted molar refractivity (Wildman–Crippen MR) is 103 cm³/mol. The van der Waals surface area contributed by atoms with Crippen LogP contribution in [0.25, 0.3) is 10.8 Å². The maximum Gasteiger partial charge on any atom is 0.276 e. The van der Waals surface area contributed by atoms with Crippen molar-refractivity contribution in [1.82, 2.24) is 15.1 Å². The minimum absolute atomic E-state index is 0.207. The Bertz CT molecular complexity index is 977. The van der Waals surface area contributed by atoms with Crippen LogP contribution in [0, 0.1) is 5.92 Å². The molecule has 6 nitrogen and oxygen atoms in total. The highest BCUT2D eigenvalue weighted by Gasteiger charge is 2.32. The van der Waals surface area contributed by atoms with Gasteiger partial charge in [-0.25, -0.2) is 0 Å². The summed E-state index contributed by atoms with van der Waals surface area (Å²) < 4.78 is 5.61. The fourth-order valence-corrected chi connectivity index (χ4v) is 3.86. The van der Waals surface area contributed by atoms with Gasteiger partial charge in [0.1, 0.15) is 0 Å². The molecule has 1 aliphatic heterocycles. The maximum absolute atomic E-state index is 12.9. The lowest BCUT2D eigenvalue weighted by Gasteiger charge is -2.26. The third kappa shape index (κ3) is 3.35. The van der Waals surface area contributed by atoms with Gasteiger partial charge >= 0.3 is 0 Å². The average molecular weight is 381 g/mol. The van der Waals surface area contributed by atoms with Gasteiger partial charge in [0.05, 0.1) is 0 Å². The van der Waals surface area contributed by atoms with Crippen molar-refractivity contribution in [3.05, 3.63) is 53.4 Å². The molecule has 0 spiro atoms. The summed E-state index contributed by atoms with van der Waals surface area (Å²) in [5.74, 6) is 1.29. The smallest absolute Gasteiger partial charge is 0.276 e. The van der Waals surface area contributed by atoms with E-state index < -0.39 is 0 Å². The van der Waals surface area contributed by atoms with Crippen molar-refractivity contribution in [2.45, 2.75) is 25.5 Å². The van der Waals surface area contributed by atoms with Crippen LogP contribution in [0.4, 0.5) is 0 Å². The molecule has 0 N–H and O–H groups in total. The summed E-state index contributed by atoms with van der Waals surface area (Å²) >= 11 is 1.51. The number of hydrogen-bond acceptors (Lipinski definition) is 6. The molecule has 7 heteroatoms. The molecule has 2 amide bonds. The standard InChI is InChI=1S/C20H19N3O3S/c1-12(2)11-27-20-22-21-16(26-20)9-10-23-18(24)14-7-3-5-13-6-4-8-15(17(13)14)19(23)25/h3-8,12H,9-11H2,1-2H3. The Morgan fingerprint density at radius 1 is 1.04 bits per heavy atom. The lowest BCUT2D eigenvalue weighted by molar-refractivity contribution is 0.0610. The molecule has 138 valence electrons. The van der Waals surface area contributed by atoms with Crippen molar-refractivity contribution in [1.29, 1.82) is 0 Å². The molecule has 0 aliphatic carbocycles. The van der Waals surface area contributed by atoms with Crippen LogP contribution in [-0.2, 0) is 6.42 Å². The molecule has 1 aliphatic rings. The van der Waals surface area contributed by atoms with E-state index in [9.17, 15) is 9.59 Å². The highest BCUT2D eigenvalue weighted by Crippen LogP contribution is 2.30. The number of aromatic nitrogens is 2. The first-order valence-corrected chi connectivity index (χ1v) is 9.86. The van der Waals surface area contributed by atoms with Crippen molar-refractivity contribution >= 4 is 34.3 Å². The van der Waals surface area contributed by atoms with Gasteiger partial charge in [0.25, 0.3) is 17.0 Å². The van der Waals surface area contributed by atoms with E-state index in [0.717, 1.165) is 16.5 Å². The van der Waals surface area contributed by atoms with Gasteiger partial charge < -0.3 is 4.42 Å². The third-order valence-electron chi connectivity index (χ3n) is 4.39. The van der Waals surface area contributed by atoms with Crippen LogP contribution in [0.3, 0.4) is 0 Å². The zero-order valence-electron chi connectivity index (χ0n) is 15.1. The normalized spacial score (nSPS) is 13.8. The maximum atomic E-state index is 12.9. The molecule has 0 saturated heterocycles. The fourth-order valence-electron chi connectivity index (χ4n) is 3.13. The molecule has 0 unspecified atom stereocenters. The number of amides is 2. The summed E-state index contributed by atoms with van der Waals surface area (Å²) in [6, 6.07) is 11.0. The summed E-state index contributed by atoms with van der Waals surface area (Å²) in [4.78, 5) is 27.0. The van der Waals surface area contributed by atoms with Crippen LogP contribution in [0.5, 0.6) is 0 Å². The van der Waals surface area contributed by atoms with Gasteiger partial charge in [0, 0.05) is 35.2 Å². The second-order valence-electron chi connectivity index (χ2n) is 6.89. The van der Waals surface area contributed by atoms with E-state index in [0.29, 0.717) is 34.6 Å². The van der Waals surface area contributed by atoms with E-state index in [1.54, 1.807) is 12.1 Å².